The van der Waals surface area contributed by atoms with Gasteiger partial charge in [0.15, 0.2) is 0 Å². The summed E-state index contributed by atoms with van der Waals surface area (Å²) in [6, 6.07) is 4.44. The smallest absolute Gasteiger partial charge is 0.255 e. The molecule has 1 aromatic carbocycles. The average Bonchev–Trinajstić information content (AvgIpc) is 2.62. The Hall–Kier alpha value is -1.47. The minimum Gasteiger partial charge on any atom is -0.339 e. The maximum Gasteiger partial charge on any atom is 0.255 e. The van der Waals surface area contributed by atoms with Crippen LogP contribution in [0.2, 0.25) is 0 Å². The second-order valence-corrected chi connectivity index (χ2v) is 7.98. The largest absolute Gasteiger partial charge is 0.339 e. The van der Waals surface area contributed by atoms with Gasteiger partial charge in [0.2, 0.25) is 5.91 Å². The molecule has 2 fully saturated rings. The Bertz CT molecular complexity index is 677. The van der Waals surface area contributed by atoms with Crippen LogP contribution in [0.3, 0.4) is 0 Å². The van der Waals surface area contributed by atoms with Gasteiger partial charge < -0.3 is 9.80 Å². The summed E-state index contributed by atoms with van der Waals surface area (Å²) >= 11 is 3.26. The summed E-state index contributed by atoms with van der Waals surface area (Å²) < 4.78 is 13.7. The minimum absolute atomic E-state index is 0.104. The molecule has 0 N–H and O–H groups in total. The van der Waals surface area contributed by atoms with Gasteiger partial charge in [0, 0.05) is 43.2 Å². The Labute approximate surface area is 162 Å². The van der Waals surface area contributed by atoms with Crippen molar-refractivity contribution in [1.29, 1.82) is 0 Å². The molecule has 0 spiro atoms. The Morgan fingerprint density at radius 3 is 2.54 bits per heavy atom. The van der Waals surface area contributed by atoms with E-state index in [1.54, 1.807) is 4.90 Å². The second-order valence-electron chi connectivity index (χ2n) is 7.12. The predicted molar refractivity (Wildman–Crippen MR) is 101 cm³/mol. The molecule has 142 valence electrons. The molecule has 2 heterocycles. The monoisotopic (exact) mass is 425 g/mol. The van der Waals surface area contributed by atoms with E-state index in [1.165, 1.54) is 24.6 Å². The molecule has 2 amide bonds. The van der Waals surface area contributed by atoms with Crippen molar-refractivity contribution in [3.8, 4) is 0 Å². The highest BCUT2D eigenvalue weighted by Gasteiger charge is 2.28. The van der Waals surface area contributed by atoms with E-state index in [0.29, 0.717) is 48.8 Å². The number of piperidine rings is 1. The van der Waals surface area contributed by atoms with E-state index in [2.05, 4.69) is 27.8 Å². The molecule has 0 bridgehead atoms. The molecule has 3 rings (SSSR count). The number of amides is 2. The minimum atomic E-state index is -0.372. The molecule has 2 aliphatic heterocycles. The number of halogens is 2. The van der Waals surface area contributed by atoms with E-state index in [4.69, 9.17) is 0 Å². The van der Waals surface area contributed by atoms with Crippen LogP contribution in [-0.2, 0) is 4.79 Å². The topological polar surface area (TPSA) is 43.9 Å². The van der Waals surface area contributed by atoms with Crippen molar-refractivity contribution in [3.63, 3.8) is 0 Å². The fourth-order valence-electron chi connectivity index (χ4n) is 3.69. The first-order valence-corrected chi connectivity index (χ1v) is 10.0. The van der Waals surface area contributed by atoms with Gasteiger partial charge in [-0.3, -0.25) is 14.5 Å². The quantitative estimate of drug-likeness (QED) is 0.747. The molecular weight excluding hydrogens is 401 g/mol. The lowest BCUT2D eigenvalue weighted by Crippen LogP contribution is -2.53. The summed E-state index contributed by atoms with van der Waals surface area (Å²) in [6.45, 7) is 5.91. The van der Waals surface area contributed by atoms with Gasteiger partial charge in [0.05, 0.1) is 12.1 Å². The second kappa shape index (κ2) is 8.48. The fraction of sp³-hybridized carbons (Fsp3) is 0.579. The zero-order valence-corrected chi connectivity index (χ0v) is 16.7. The lowest BCUT2D eigenvalue weighted by atomic mass is 10.0. The molecule has 0 unspecified atom stereocenters. The highest BCUT2D eigenvalue weighted by atomic mass is 79.9. The fourth-order valence-corrected chi connectivity index (χ4v) is 4.21. The maximum atomic E-state index is 13.2. The van der Waals surface area contributed by atoms with Gasteiger partial charge in [-0.05, 0) is 60.3 Å². The molecule has 7 heteroatoms. The van der Waals surface area contributed by atoms with E-state index in [9.17, 15) is 14.0 Å². The number of benzene rings is 1. The van der Waals surface area contributed by atoms with Crippen molar-refractivity contribution in [1.82, 2.24) is 14.7 Å². The molecule has 26 heavy (non-hydrogen) atoms. The third-order valence-electron chi connectivity index (χ3n) is 5.30. The molecule has 0 aromatic heterocycles. The van der Waals surface area contributed by atoms with Crippen LogP contribution in [0.15, 0.2) is 22.7 Å². The van der Waals surface area contributed by atoms with E-state index in [0.717, 1.165) is 19.4 Å². The Balaban J connectivity index is 1.52. The first-order chi connectivity index (χ1) is 12.5. The van der Waals surface area contributed by atoms with Crippen LogP contribution in [0.25, 0.3) is 0 Å². The number of piperazine rings is 1. The van der Waals surface area contributed by atoms with Crippen molar-refractivity contribution in [2.24, 2.45) is 0 Å². The van der Waals surface area contributed by atoms with E-state index >= 15 is 0 Å². The summed E-state index contributed by atoms with van der Waals surface area (Å²) in [5, 5.41) is 0. The van der Waals surface area contributed by atoms with E-state index < -0.39 is 0 Å². The van der Waals surface area contributed by atoms with Crippen molar-refractivity contribution in [3.05, 3.63) is 34.1 Å². The van der Waals surface area contributed by atoms with Crippen LogP contribution < -0.4 is 0 Å². The van der Waals surface area contributed by atoms with Gasteiger partial charge in [-0.1, -0.05) is 0 Å². The van der Waals surface area contributed by atoms with Gasteiger partial charge in [-0.2, -0.15) is 0 Å². The number of hydrogen-bond acceptors (Lipinski definition) is 3. The number of likely N-dealkylation sites (tertiary alicyclic amines) is 1. The third-order valence-corrected chi connectivity index (χ3v) is 5.96. The number of carbonyl (C=O) groups excluding carboxylic acids is 2. The summed E-state index contributed by atoms with van der Waals surface area (Å²) in [4.78, 5) is 31.1. The van der Waals surface area contributed by atoms with Crippen molar-refractivity contribution in [2.75, 3.05) is 39.3 Å². The molecule has 0 radical (unpaired) electrons. The third kappa shape index (κ3) is 4.43. The lowest BCUT2D eigenvalue weighted by molar-refractivity contribution is -0.136. The highest BCUT2D eigenvalue weighted by molar-refractivity contribution is 9.10. The van der Waals surface area contributed by atoms with E-state index in [1.807, 2.05) is 4.90 Å². The maximum absolute atomic E-state index is 13.2. The first kappa shape index (κ1) is 19.3. The van der Waals surface area contributed by atoms with Gasteiger partial charge in [0.25, 0.3) is 5.91 Å². The van der Waals surface area contributed by atoms with Crippen LogP contribution in [0.4, 0.5) is 4.39 Å². The van der Waals surface area contributed by atoms with Crippen LogP contribution >= 0.6 is 15.9 Å². The average molecular weight is 426 g/mol. The zero-order chi connectivity index (χ0) is 18.7. The van der Waals surface area contributed by atoms with E-state index in [-0.39, 0.29) is 17.6 Å². The van der Waals surface area contributed by atoms with Crippen molar-refractivity contribution >= 4 is 27.7 Å². The SMILES string of the molecule is C[C@H]1CCCCN1C(=O)CN1CCN(C(=O)c2ccc(F)cc2Br)CC1. The van der Waals surface area contributed by atoms with Crippen LogP contribution in [0.5, 0.6) is 0 Å². The molecule has 5 nitrogen and oxygen atoms in total. The standard InChI is InChI=1S/C19H25BrFN3O2/c1-14-4-2-3-7-24(14)18(25)13-22-8-10-23(11-9-22)19(26)16-6-5-15(21)12-17(16)20/h5-6,12,14H,2-4,7-11,13H2,1H3/t14-/m0/s1. The number of hydrogen-bond donors (Lipinski definition) is 0. The molecule has 1 aromatic rings. The number of nitrogens with zero attached hydrogens (tertiary/aromatic N) is 3. The molecule has 0 saturated carbocycles. The summed E-state index contributed by atoms with van der Waals surface area (Å²) in [5.41, 5.74) is 0.470. The van der Waals surface area contributed by atoms with Gasteiger partial charge >= 0.3 is 0 Å². The zero-order valence-electron chi connectivity index (χ0n) is 15.1. The van der Waals surface area contributed by atoms with Crippen LogP contribution in [-0.4, -0.2) is 71.8 Å². The molecular formula is C19H25BrFN3O2. The number of carbonyl (C=O) groups is 2. The molecule has 2 saturated heterocycles. The predicted octanol–water partition coefficient (Wildman–Crippen LogP) is 2.75. The summed E-state index contributed by atoms with van der Waals surface area (Å²) in [7, 11) is 0. The summed E-state index contributed by atoms with van der Waals surface area (Å²) in [5.74, 6) is -0.283. The number of rotatable bonds is 3. The van der Waals surface area contributed by atoms with Gasteiger partial charge in [-0.25, -0.2) is 4.39 Å². The molecule has 0 aliphatic carbocycles. The Morgan fingerprint density at radius 1 is 1.15 bits per heavy atom. The normalized spacial score (nSPS) is 21.7. The highest BCUT2D eigenvalue weighted by Crippen LogP contribution is 2.21. The lowest BCUT2D eigenvalue weighted by Gasteiger charge is -2.38. The van der Waals surface area contributed by atoms with Crippen LogP contribution in [0.1, 0.15) is 36.5 Å². The Morgan fingerprint density at radius 2 is 1.88 bits per heavy atom. The molecule has 2 aliphatic rings. The Kier molecular flexibility index (Phi) is 6.29. The summed E-state index contributed by atoms with van der Waals surface area (Å²) in [6.07, 6.45) is 3.37. The van der Waals surface area contributed by atoms with Gasteiger partial charge in [0.1, 0.15) is 5.82 Å². The van der Waals surface area contributed by atoms with Crippen molar-refractivity contribution in [2.45, 2.75) is 32.2 Å². The van der Waals surface area contributed by atoms with Crippen LogP contribution in [0, 0.1) is 5.82 Å². The van der Waals surface area contributed by atoms with Gasteiger partial charge in [-0.15, -0.1) is 0 Å². The van der Waals surface area contributed by atoms with Crippen molar-refractivity contribution < 1.29 is 14.0 Å². The molecule has 1 atom stereocenters. The first-order valence-electron chi connectivity index (χ1n) is 9.22.